The fourth-order valence-corrected chi connectivity index (χ4v) is 3.01. The molecule has 122 valence electrons. The highest BCUT2D eigenvalue weighted by molar-refractivity contribution is 5.37. The second-order valence-corrected chi connectivity index (χ2v) is 6.87. The minimum absolute atomic E-state index is 0.0226. The number of aliphatic hydroxyl groups is 2. The van der Waals surface area contributed by atoms with Gasteiger partial charge in [0.25, 0.3) is 0 Å². The van der Waals surface area contributed by atoms with Crippen LogP contribution in [0.2, 0.25) is 0 Å². The molecular weight excluding hydrogens is 272 g/mol. The average molecular weight is 302 g/mol. The SMILES string of the molecule is CC1=C(/C=C/C(C)=C/C=C\C(C)=C\CO)C(C)(C)C[C@H](O)C1. The molecule has 1 aliphatic carbocycles. The molecule has 2 N–H and O–H groups in total. The van der Waals surface area contributed by atoms with E-state index < -0.39 is 0 Å². The zero-order chi connectivity index (χ0) is 16.8. The van der Waals surface area contributed by atoms with Gasteiger partial charge < -0.3 is 10.2 Å². The summed E-state index contributed by atoms with van der Waals surface area (Å²) in [6, 6.07) is 0. The Bertz CT molecular complexity index is 528. The number of hydrogen-bond donors (Lipinski definition) is 2. The van der Waals surface area contributed by atoms with Gasteiger partial charge in [0.1, 0.15) is 0 Å². The van der Waals surface area contributed by atoms with E-state index in [2.05, 4.69) is 45.9 Å². The fourth-order valence-electron chi connectivity index (χ4n) is 3.01. The molecule has 0 unspecified atom stereocenters. The molecular formula is C20H30O2. The molecule has 0 aromatic rings. The van der Waals surface area contributed by atoms with Gasteiger partial charge in [-0.1, -0.05) is 67.0 Å². The first-order chi connectivity index (χ1) is 10.3. The number of allylic oxidation sites excluding steroid dienone is 8. The van der Waals surface area contributed by atoms with E-state index in [1.54, 1.807) is 6.08 Å². The van der Waals surface area contributed by atoms with Gasteiger partial charge in [-0.2, -0.15) is 0 Å². The standard InChI is InChI=1S/C20H30O2/c1-15(7-6-8-16(2)11-12-21)9-10-19-17(3)13-18(22)14-20(19,4)5/h6-11,18,21-22H,12-14H2,1-5H3/b8-6-,10-9+,15-7+,16-11+/t18-/m1/s1. The summed E-state index contributed by atoms with van der Waals surface area (Å²) in [6.07, 6.45) is 13.5. The Balaban J connectivity index is 2.82. The van der Waals surface area contributed by atoms with Gasteiger partial charge in [0.15, 0.2) is 0 Å². The molecule has 0 fully saturated rings. The molecule has 1 aliphatic rings. The van der Waals surface area contributed by atoms with Crippen LogP contribution >= 0.6 is 0 Å². The van der Waals surface area contributed by atoms with Gasteiger partial charge in [-0.15, -0.1) is 0 Å². The minimum Gasteiger partial charge on any atom is -0.393 e. The van der Waals surface area contributed by atoms with E-state index in [1.807, 2.05) is 19.1 Å². The van der Waals surface area contributed by atoms with Crippen LogP contribution in [0.25, 0.3) is 0 Å². The lowest BCUT2D eigenvalue weighted by atomic mass is 9.71. The molecule has 0 spiro atoms. The second kappa shape index (κ2) is 8.30. The maximum absolute atomic E-state index is 9.92. The zero-order valence-corrected chi connectivity index (χ0v) is 14.6. The second-order valence-electron chi connectivity index (χ2n) is 6.87. The number of aliphatic hydroxyl groups excluding tert-OH is 2. The predicted molar refractivity (Wildman–Crippen MR) is 94.6 cm³/mol. The van der Waals surface area contributed by atoms with Crippen molar-refractivity contribution in [3.63, 3.8) is 0 Å². The van der Waals surface area contributed by atoms with Gasteiger partial charge in [-0.05, 0) is 44.6 Å². The molecule has 0 aromatic heterocycles. The van der Waals surface area contributed by atoms with Crippen LogP contribution in [0.1, 0.15) is 47.5 Å². The Morgan fingerprint density at radius 3 is 2.50 bits per heavy atom. The normalized spacial score (nSPS) is 23.9. The van der Waals surface area contributed by atoms with Gasteiger partial charge in [0, 0.05) is 0 Å². The van der Waals surface area contributed by atoms with Crippen LogP contribution in [-0.2, 0) is 0 Å². The van der Waals surface area contributed by atoms with Crippen LogP contribution in [-0.4, -0.2) is 22.9 Å². The third-order valence-electron chi connectivity index (χ3n) is 4.12. The monoisotopic (exact) mass is 302 g/mol. The fraction of sp³-hybridized carbons (Fsp3) is 0.500. The summed E-state index contributed by atoms with van der Waals surface area (Å²) in [5.74, 6) is 0. The third-order valence-corrected chi connectivity index (χ3v) is 4.12. The van der Waals surface area contributed by atoms with Crippen molar-refractivity contribution in [2.75, 3.05) is 6.61 Å². The van der Waals surface area contributed by atoms with E-state index >= 15 is 0 Å². The summed E-state index contributed by atoms with van der Waals surface area (Å²) < 4.78 is 0. The Morgan fingerprint density at radius 2 is 1.91 bits per heavy atom. The summed E-state index contributed by atoms with van der Waals surface area (Å²) in [5.41, 5.74) is 4.87. The zero-order valence-electron chi connectivity index (χ0n) is 14.6. The summed E-state index contributed by atoms with van der Waals surface area (Å²) in [7, 11) is 0. The van der Waals surface area contributed by atoms with Crippen LogP contribution in [0.5, 0.6) is 0 Å². The molecule has 2 nitrogen and oxygen atoms in total. The summed E-state index contributed by atoms with van der Waals surface area (Å²) in [6.45, 7) is 10.6. The van der Waals surface area contributed by atoms with E-state index in [1.165, 1.54) is 16.7 Å². The van der Waals surface area contributed by atoms with Gasteiger partial charge in [-0.3, -0.25) is 0 Å². The highest BCUT2D eigenvalue weighted by Gasteiger charge is 2.31. The average Bonchev–Trinajstić information content (AvgIpc) is 2.36. The van der Waals surface area contributed by atoms with Gasteiger partial charge in [-0.25, -0.2) is 0 Å². The van der Waals surface area contributed by atoms with Crippen LogP contribution in [0, 0.1) is 5.41 Å². The van der Waals surface area contributed by atoms with Crippen molar-refractivity contribution in [3.05, 3.63) is 58.7 Å². The quantitative estimate of drug-likeness (QED) is 0.735. The highest BCUT2D eigenvalue weighted by atomic mass is 16.3. The first-order valence-corrected chi connectivity index (χ1v) is 7.95. The molecule has 1 atom stereocenters. The predicted octanol–water partition coefficient (Wildman–Crippen LogP) is 4.48. The molecule has 0 saturated heterocycles. The van der Waals surface area contributed by atoms with Crippen LogP contribution < -0.4 is 0 Å². The van der Waals surface area contributed by atoms with E-state index in [0.29, 0.717) is 0 Å². The molecule has 0 amide bonds. The van der Waals surface area contributed by atoms with Gasteiger partial charge in [0.2, 0.25) is 0 Å². The molecule has 0 saturated carbocycles. The Hall–Kier alpha value is -1.38. The van der Waals surface area contributed by atoms with E-state index in [9.17, 15) is 5.11 Å². The lowest BCUT2D eigenvalue weighted by Crippen LogP contribution is -2.28. The van der Waals surface area contributed by atoms with Gasteiger partial charge >= 0.3 is 0 Å². The molecule has 2 heteroatoms. The van der Waals surface area contributed by atoms with Crippen molar-refractivity contribution in [1.29, 1.82) is 0 Å². The smallest absolute Gasteiger partial charge is 0.0617 e. The van der Waals surface area contributed by atoms with Crippen LogP contribution in [0.15, 0.2) is 58.7 Å². The number of hydrogen-bond acceptors (Lipinski definition) is 2. The maximum Gasteiger partial charge on any atom is 0.0617 e. The van der Waals surface area contributed by atoms with Crippen molar-refractivity contribution >= 4 is 0 Å². The number of rotatable bonds is 5. The largest absolute Gasteiger partial charge is 0.393 e. The van der Waals surface area contributed by atoms with Crippen molar-refractivity contribution in [1.82, 2.24) is 0 Å². The van der Waals surface area contributed by atoms with Crippen LogP contribution in [0.3, 0.4) is 0 Å². The Labute approximate surface area is 135 Å². The summed E-state index contributed by atoms with van der Waals surface area (Å²) in [4.78, 5) is 0. The first-order valence-electron chi connectivity index (χ1n) is 7.95. The summed E-state index contributed by atoms with van der Waals surface area (Å²) in [5, 5.41) is 18.7. The topological polar surface area (TPSA) is 40.5 Å². The molecule has 1 rings (SSSR count). The molecule has 22 heavy (non-hydrogen) atoms. The van der Waals surface area contributed by atoms with Crippen molar-refractivity contribution in [3.8, 4) is 0 Å². The first kappa shape index (κ1) is 18.7. The summed E-state index contributed by atoms with van der Waals surface area (Å²) >= 11 is 0. The molecule has 0 aromatic carbocycles. The Morgan fingerprint density at radius 1 is 1.23 bits per heavy atom. The third kappa shape index (κ3) is 5.78. The molecule has 0 aliphatic heterocycles. The molecule has 0 bridgehead atoms. The maximum atomic E-state index is 9.92. The van der Waals surface area contributed by atoms with Gasteiger partial charge in [0.05, 0.1) is 12.7 Å². The molecule has 0 heterocycles. The lowest BCUT2D eigenvalue weighted by Gasteiger charge is -2.35. The van der Waals surface area contributed by atoms with Crippen molar-refractivity contribution in [2.45, 2.75) is 53.6 Å². The molecule has 0 radical (unpaired) electrons. The van der Waals surface area contributed by atoms with Crippen LogP contribution in [0.4, 0.5) is 0 Å². The van der Waals surface area contributed by atoms with E-state index in [-0.39, 0.29) is 18.1 Å². The van der Waals surface area contributed by atoms with E-state index in [0.717, 1.165) is 18.4 Å². The Kier molecular flexibility index (Phi) is 7.05. The highest BCUT2D eigenvalue weighted by Crippen LogP contribution is 2.40. The van der Waals surface area contributed by atoms with E-state index in [4.69, 9.17) is 5.11 Å². The van der Waals surface area contributed by atoms with Crippen molar-refractivity contribution < 1.29 is 10.2 Å². The van der Waals surface area contributed by atoms with Crippen molar-refractivity contribution in [2.24, 2.45) is 5.41 Å². The minimum atomic E-state index is -0.215. The lowest BCUT2D eigenvalue weighted by molar-refractivity contribution is 0.116.